The van der Waals surface area contributed by atoms with E-state index in [1.54, 1.807) is 18.3 Å². The molecule has 2 aromatic heterocycles. The topological polar surface area (TPSA) is 92.6 Å². The maximum Gasteiger partial charge on any atom is 0.307 e. The molecule has 0 radical (unpaired) electrons. The zero-order valence-electron chi connectivity index (χ0n) is 21.0. The summed E-state index contributed by atoms with van der Waals surface area (Å²) >= 11 is 5.64. The summed E-state index contributed by atoms with van der Waals surface area (Å²) in [5.41, 5.74) is 8.53. The molecule has 1 amide bonds. The molecule has 0 unspecified atom stereocenters. The van der Waals surface area contributed by atoms with Crippen LogP contribution in [0.3, 0.4) is 0 Å². The molecule has 0 saturated heterocycles. The summed E-state index contributed by atoms with van der Waals surface area (Å²) < 4.78 is 15.6. The molecular formula is C30H22BrIN4O3. The van der Waals surface area contributed by atoms with Crippen molar-refractivity contribution in [2.45, 2.75) is 20.5 Å². The van der Waals surface area contributed by atoms with Gasteiger partial charge in [0.05, 0.1) is 21.4 Å². The number of nitriles is 1. The predicted molar refractivity (Wildman–Crippen MR) is 162 cm³/mol. The summed E-state index contributed by atoms with van der Waals surface area (Å²) in [6.45, 7) is 4.33. The van der Waals surface area contributed by atoms with Crippen molar-refractivity contribution < 1.29 is 13.9 Å². The highest BCUT2D eigenvalue weighted by molar-refractivity contribution is 14.1. The SMILES string of the molecule is Cc1cc(/C=N\NC(=O)c2cc3cc(Br)cc(I)c3o2)c(C)n1-c1ccc(OCc2ccccc2C#N)cc1. The highest BCUT2D eigenvalue weighted by Gasteiger charge is 2.15. The Morgan fingerprint density at radius 2 is 1.92 bits per heavy atom. The fraction of sp³-hybridized carbons (Fsp3) is 0.100. The zero-order chi connectivity index (χ0) is 27.5. The largest absolute Gasteiger partial charge is 0.489 e. The predicted octanol–water partition coefficient (Wildman–Crippen LogP) is 7.42. The molecule has 0 aliphatic heterocycles. The first-order valence-corrected chi connectivity index (χ1v) is 13.8. The van der Waals surface area contributed by atoms with Crippen molar-refractivity contribution in [2.75, 3.05) is 0 Å². The lowest BCUT2D eigenvalue weighted by atomic mass is 10.1. The number of aromatic nitrogens is 1. The van der Waals surface area contributed by atoms with Gasteiger partial charge in [0.25, 0.3) is 0 Å². The van der Waals surface area contributed by atoms with E-state index in [0.717, 1.165) is 41.6 Å². The Morgan fingerprint density at radius 3 is 2.69 bits per heavy atom. The smallest absolute Gasteiger partial charge is 0.307 e. The minimum atomic E-state index is -0.420. The first-order chi connectivity index (χ1) is 18.8. The number of aryl methyl sites for hydroxylation is 1. The molecule has 39 heavy (non-hydrogen) atoms. The van der Waals surface area contributed by atoms with Crippen LogP contribution in [-0.4, -0.2) is 16.7 Å². The average molecular weight is 693 g/mol. The molecule has 0 saturated carbocycles. The number of rotatable bonds is 7. The number of benzene rings is 3. The number of hydrazone groups is 1. The highest BCUT2D eigenvalue weighted by atomic mass is 127. The van der Waals surface area contributed by atoms with Crippen molar-refractivity contribution in [1.29, 1.82) is 5.26 Å². The minimum absolute atomic E-state index is 0.196. The van der Waals surface area contributed by atoms with E-state index in [4.69, 9.17) is 9.15 Å². The Morgan fingerprint density at radius 1 is 1.15 bits per heavy atom. The molecule has 0 aliphatic rings. The average Bonchev–Trinajstić information content (AvgIpc) is 3.48. The van der Waals surface area contributed by atoms with Crippen LogP contribution in [0.1, 0.15) is 38.6 Å². The van der Waals surface area contributed by atoms with Crippen LogP contribution in [-0.2, 0) is 6.61 Å². The third-order valence-electron chi connectivity index (χ3n) is 6.23. The van der Waals surface area contributed by atoms with Gasteiger partial charge in [-0.15, -0.1) is 0 Å². The Kier molecular flexibility index (Phi) is 7.86. The summed E-state index contributed by atoms with van der Waals surface area (Å²) in [5, 5.41) is 14.3. The number of carbonyl (C=O) groups is 1. The number of nitrogens with one attached hydrogen (secondary N) is 1. The van der Waals surface area contributed by atoms with Gasteiger partial charge < -0.3 is 13.7 Å². The van der Waals surface area contributed by atoms with Gasteiger partial charge in [-0.1, -0.05) is 34.1 Å². The van der Waals surface area contributed by atoms with Crippen molar-refractivity contribution in [3.63, 3.8) is 0 Å². The molecule has 7 nitrogen and oxygen atoms in total. The van der Waals surface area contributed by atoms with Crippen LogP contribution in [0.5, 0.6) is 5.75 Å². The van der Waals surface area contributed by atoms with Crippen molar-refractivity contribution >= 4 is 61.6 Å². The zero-order valence-corrected chi connectivity index (χ0v) is 24.8. The van der Waals surface area contributed by atoms with Crippen molar-refractivity contribution in [1.82, 2.24) is 9.99 Å². The number of fused-ring (bicyclic) bond motifs is 1. The summed E-state index contributed by atoms with van der Waals surface area (Å²) in [5.74, 6) is 0.490. The van der Waals surface area contributed by atoms with Crippen LogP contribution >= 0.6 is 38.5 Å². The first kappa shape index (κ1) is 26.7. The van der Waals surface area contributed by atoms with Gasteiger partial charge in [0.1, 0.15) is 17.9 Å². The van der Waals surface area contributed by atoms with Gasteiger partial charge >= 0.3 is 5.91 Å². The Hall–Kier alpha value is -3.88. The van der Waals surface area contributed by atoms with Gasteiger partial charge in [0.2, 0.25) is 0 Å². The third kappa shape index (κ3) is 5.77. The van der Waals surface area contributed by atoms with Crippen LogP contribution in [0.2, 0.25) is 0 Å². The first-order valence-electron chi connectivity index (χ1n) is 12.0. The number of furan rings is 1. The molecule has 0 fully saturated rings. The van der Waals surface area contributed by atoms with E-state index in [-0.39, 0.29) is 5.76 Å². The van der Waals surface area contributed by atoms with Gasteiger partial charge in [-0.05, 0) is 91.0 Å². The second kappa shape index (κ2) is 11.5. The van der Waals surface area contributed by atoms with Crippen molar-refractivity contribution in [2.24, 2.45) is 5.10 Å². The molecular weight excluding hydrogens is 671 g/mol. The molecule has 194 valence electrons. The van der Waals surface area contributed by atoms with Gasteiger partial charge in [-0.2, -0.15) is 10.4 Å². The van der Waals surface area contributed by atoms with Gasteiger partial charge in [-0.25, -0.2) is 5.43 Å². The van der Waals surface area contributed by atoms with Crippen LogP contribution < -0.4 is 10.2 Å². The summed E-state index contributed by atoms with van der Waals surface area (Å²) in [4.78, 5) is 12.6. The number of halogens is 2. The minimum Gasteiger partial charge on any atom is -0.489 e. The van der Waals surface area contributed by atoms with Gasteiger partial charge in [-0.3, -0.25) is 4.79 Å². The number of amides is 1. The molecule has 5 aromatic rings. The van der Waals surface area contributed by atoms with Gasteiger partial charge in [0, 0.05) is 38.1 Å². The Balaban J connectivity index is 1.26. The number of nitrogens with zero attached hydrogens (tertiary/aromatic N) is 3. The third-order valence-corrected chi connectivity index (χ3v) is 7.49. The lowest BCUT2D eigenvalue weighted by Crippen LogP contribution is -2.16. The summed E-state index contributed by atoms with van der Waals surface area (Å²) in [6, 6.07) is 24.9. The van der Waals surface area contributed by atoms with Crippen LogP contribution in [0.4, 0.5) is 0 Å². The number of ether oxygens (including phenoxy) is 1. The van der Waals surface area contributed by atoms with Crippen LogP contribution in [0.15, 0.2) is 86.8 Å². The summed E-state index contributed by atoms with van der Waals surface area (Å²) in [7, 11) is 0. The molecule has 0 bridgehead atoms. The van der Waals surface area contributed by atoms with E-state index < -0.39 is 5.91 Å². The second-order valence-electron chi connectivity index (χ2n) is 8.83. The standard InChI is InChI=1S/C30H22BrIN4O3/c1-18-11-23(16-34-35-30(37)28-13-22-12-24(31)14-27(32)29(22)39-28)19(2)36(18)25-7-9-26(10-8-25)38-17-21-6-4-3-5-20(21)15-33/h3-14,16H,17H2,1-2H3,(H,35,37)/b34-16-. The Labute approximate surface area is 247 Å². The molecule has 0 spiro atoms. The lowest BCUT2D eigenvalue weighted by Gasteiger charge is -2.12. The van der Waals surface area contributed by atoms with E-state index in [1.165, 1.54) is 0 Å². The van der Waals surface area contributed by atoms with E-state index in [1.807, 2.05) is 74.5 Å². The molecule has 3 aromatic carbocycles. The lowest BCUT2D eigenvalue weighted by molar-refractivity contribution is 0.0929. The number of hydrogen-bond acceptors (Lipinski definition) is 5. The van der Waals surface area contributed by atoms with E-state index in [9.17, 15) is 10.1 Å². The van der Waals surface area contributed by atoms with E-state index in [0.29, 0.717) is 23.5 Å². The van der Waals surface area contributed by atoms with Crippen molar-refractivity contribution in [3.05, 3.63) is 115 Å². The van der Waals surface area contributed by atoms with Crippen LogP contribution in [0, 0.1) is 28.7 Å². The number of hydrogen-bond donors (Lipinski definition) is 1. The van der Waals surface area contributed by atoms with E-state index in [2.05, 4.69) is 59.7 Å². The van der Waals surface area contributed by atoms with Crippen LogP contribution in [0.25, 0.3) is 16.7 Å². The Bertz CT molecular complexity index is 1760. The second-order valence-corrected chi connectivity index (χ2v) is 10.9. The quantitative estimate of drug-likeness (QED) is 0.109. The monoisotopic (exact) mass is 692 g/mol. The molecule has 5 rings (SSSR count). The maximum atomic E-state index is 12.6. The van der Waals surface area contributed by atoms with E-state index >= 15 is 0 Å². The molecule has 0 atom stereocenters. The van der Waals surface area contributed by atoms with Crippen molar-refractivity contribution in [3.8, 4) is 17.5 Å². The molecule has 0 aliphatic carbocycles. The van der Waals surface area contributed by atoms with Gasteiger partial charge in [0.15, 0.2) is 5.76 Å². The number of carbonyl (C=O) groups excluding carboxylic acids is 1. The fourth-order valence-corrected chi connectivity index (χ4v) is 5.99. The highest BCUT2D eigenvalue weighted by Crippen LogP contribution is 2.28. The fourth-order valence-electron chi connectivity index (χ4n) is 4.33. The normalized spacial score (nSPS) is 11.2. The maximum absolute atomic E-state index is 12.6. The molecule has 9 heteroatoms. The molecule has 1 N–H and O–H groups in total. The molecule has 2 heterocycles. The summed E-state index contributed by atoms with van der Waals surface area (Å²) in [6.07, 6.45) is 1.63.